The van der Waals surface area contributed by atoms with Gasteiger partial charge in [-0.2, -0.15) is 12.7 Å². The molecule has 0 spiro atoms. The first-order chi connectivity index (χ1) is 10.4. The Bertz CT molecular complexity index is 658. The Morgan fingerprint density at radius 1 is 1.27 bits per heavy atom. The normalized spacial score (nSPS) is 23.1. The van der Waals surface area contributed by atoms with Crippen LogP contribution in [0.2, 0.25) is 0 Å². The number of rotatable bonds is 3. The van der Waals surface area contributed by atoms with Crippen LogP contribution in [0.5, 0.6) is 0 Å². The molecule has 0 N–H and O–H groups in total. The SMILES string of the molecule is COC(=O)C1[C@@H](C)OS(=O)(=O)N1C(=O)OCc1ccccc1. The zero-order valence-corrected chi connectivity index (χ0v) is 12.8. The number of methoxy groups -OCH3 is 1. The van der Waals surface area contributed by atoms with Crippen molar-refractivity contribution in [2.24, 2.45) is 0 Å². The van der Waals surface area contributed by atoms with Gasteiger partial charge in [-0.15, -0.1) is 0 Å². The zero-order chi connectivity index (χ0) is 16.3. The molecule has 1 saturated heterocycles. The van der Waals surface area contributed by atoms with Crippen molar-refractivity contribution in [2.75, 3.05) is 7.11 Å². The summed E-state index contributed by atoms with van der Waals surface area (Å²) in [6, 6.07) is 7.30. The lowest BCUT2D eigenvalue weighted by molar-refractivity contribution is -0.146. The molecular weight excluding hydrogens is 314 g/mol. The highest BCUT2D eigenvalue weighted by Gasteiger charge is 2.52. The predicted octanol–water partition coefficient (Wildman–Crippen LogP) is 0.830. The van der Waals surface area contributed by atoms with E-state index in [1.165, 1.54) is 6.92 Å². The molecule has 1 aliphatic heterocycles. The van der Waals surface area contributed by atoms with Gasteiger partial charge in [-0.25, -0.2) is 13.8 Å². The van der Waals surface area contributed by atoms with E-state index < -0.39 is 34.5 Å². The second-order valence-electron chi connectivity index (χ2n) is 4.56. The van der Waals surface area contributed by atoms with Crippen molar-refractivity contribution in [3.05, 3.63) is 35.9 Å². The lowest BCUT2D eigenvalue weighted by Crippen LogP contribution is -2.46. The van der Waals surface area contributed by atoms with Crippen LogP contribution in [0, 0.1) is 0 Å². The van der Waals surface area contributed by atoms with Gasteiger partial charge in [-0.05, 0) is 12.5 Å². The molecule has 0 aliphatic carbocycles. The number of benzene rings is 1. The average molecular weight is 329 g/mol. The Kier molecular flexibility index (Phi) is 4.67. The van der Waals surface area contributed by atoms with E-state index in [2.05, 4.69) is 8.92 Å². The third-order valence-electron chi connectivity index (χ3n) is 3.04. The lowest BCUT2D eigenvalue weighted by Gasteiger charge is -2.19. The van der Waals surface area contributed by atoms with E-state index >= 15 is 0 Å². The van der Waals surface area contributed by atoms with Gasteiger partial charge in [0.2, 0.25) is 0 Å². The third-order valence-corrected chi connectivity index (χ3v) is 4.44. The fraction of sp³-hybridized carbons (Fsp3) is 0.385. The molecule has 0 saturated carbocycles. The maximum atomic E-state index is 12.0. The Morgan fingerprint density at radius 2 is 1.91 bits per heavy atom. The summed E-state index contributed by atoms with van der Waals surface area (Å²) in [5.41, 5.74) is 0.677. The molecule has 1 unspecified atom stereocenters. The van der Waals surface area contributed by atoms with Crippen LogP contribution >= 0.6 is 0 Å². The van der Waals surface area contributed by atoms with E-state index in [0.29, 0.717) is 5.56 Å². The van der Waals surface area contributed by atoms with Crippen molar-refractivity contribution in [1.29, 1.82) is 0 Å². The van der Waals surface area contributed by atoms with E-state index in [-0.39, 0.29) is 10.9 Å². The first-order valence-corrected chi connectivity index (χ1v) is 7.74. The largest absolute Gasteiger partial charge is 0.467 e. The van der Waals surface area contributed by atoms with E-state index in [1.807, 2.05) is 0 Å². The smallest absolute Gasteiger partial charge is 0.426 e. The van der Waals surface area contributed by atoms with Gasteiger partial charge in [0, 0.05) is 0 Å². The molecular formula is C13H15NO7S. The molecule has 1 fully saturated rings. The van der Waals surface area contributed by atoms with Gasteiger partial charge in [-0.1, -0.05) is 30.3 Å². The predicted molar refractivity (Wildman–Crippen MR) is 73.7 cm³/mol. The van der Waals surface area contributed by atoms with Gasteiger partial charge in [0.15, 0.2) is 6.04 Å². The number of esters is 1. The molecule has 2 rings (SSSR count). The highest BCUT2D eigenvalue weighted by molar-refractivity contribution is 7.85. The first-order valence-electron chi connectivity index (χ1n) is 6.38. The molecule has 0 bridgehead atoms. The van der Waals surface area contributed by atoms with Crippen LogP contribution in [0.15, 0.2) is 30.3 Å². The lowest BCUT2D eigenvalue weighted by atomic mass is 10.2. The summed E-state index contributed by atoms with van der Waals surface area (Å²) < 4.78 is 38.1. The Balaban J connectivity index is 2.16. The van der Waals surface area contributed by atoms with Crippen LogP contribution in [-0.4, -0.2) is 44.0 Å². The van der Waals surface area contributed by atoms with Crippen LogP contribution in [-0.2, 0) is 35.4 Å². The minimum absolute atomic E-state index is 0.131. The number of hydrogen-bond donors (Lipinski definition) is 0. The summed E-state index contributed by atoms with van der Waals surface area (Å²) in [6.07, 6.45) is -2.25. The summed E-state index contributed by atoms with van der Waals surface area (Å²) in [6.45, 7) is 1.22. The molecule has 0 radical (unpaired) electrons. The number of amides is 1. The molecule has 0 aromatic heterocycles. The minimum Gasteiger partial charge on any atom is -0.467 e. The van der Waals surface area contributed by atoms with E-state index in [0.717, 1.165) is 7.11 Å². The summed E-state index contributed by atoms with van der Waals surface area (Å²) in [4.78, 5) is 23.7. The highest BCUT2D eigenvalue weighted by Crippen LogP contribution is 2.26. The number of nitrogens with zero attached hydrogens (tertiary/aromatic N) is 1. The summed E-state index contributed by atoms with van der Waals surface area (Å²) in [7, 11) is -3.30. The number of carbonyl (C=O) groups is 2. The van der Waals surface area contributed by atoms with Gasteiger partial charge in [-0.3, -0.25) is 0 Å². The van der Waals surface area contributed by atoms with Crippen molar-refractivity contribution in [2.45, 2.75) is 25.7 Å². The minimum atomic E-state index is -4.39. The Morgan fingerprint density at radius 3 is 2.50 bits per heavy atom. The number of ether oxygens (including phenoxy) is 2. The van der Waals surface area contributed by atoms with Crippen molar-refractivity contribution < 1.29 is 31.7 Å². The number of hydrogen-bond acceptors (Lipinski definition) is 7. The third kappa shape index (κ3) is 3.20. The molecule has 1 amide bonds. The van der Waals surface area contributed by atoms with Gasteiger partial charge in [0.25, 0.3) is 0 Å². The summed E-state index contributed by atoms with van der Waals surface area (Å²) in [5, 5.41) is 0. The summed E-state index contributed by atoms with van der Waals surface area (Å²) >= 11 is 0. The van der Waals surface area contributed by atoms with Crippen molar-refractivity contribution in [3.8, 4) is 0 Å². The van der Waals surface area contributed by atoms with Gasteiger partial charge in [0.1, 0.15) is 12.7 Å². The van der Waals surface area contributed by atoms with Crippen LogP contribution in [0.3, 0.4) is 0 Å². The second-order valence-corrected chi connectivity index (χ2v) is 6.00. The first kappa shape index (κ1) is 16.2. The van der Waals surface area contributed by atoms with Crippen molar-refractivity contribution in [3.63, 3.8) is 0 Å². The van der Waals surface area contributed by atoms with Gasteiger partial charge < -0.3 is 9.47 Å². The monoisotopic (exact) mass is 329 g/mol. The van der Waals surface area contributed by atoms with Crippen molar-refractivity contribution in [1.82, 2.24) is 4.31 Å². The summed E-state index contributed by atoms with van der Waals surface area (Å²) in [5.74, 6) is -0.898. The van der Waals surface area contributed by atoms with Crippen LogP contribution in [0.4, 0.5) is 4.79 Å². The molecule has 1 aromatic carbocycles. The van der Waals surface area contributed by atoms with Crippen LogP contribution in [0.25, 0.3) is 0 Å². The average Bonchev–Trinajstić information content (AvgIpc) is 2.74. The molecule has 1 aromatic rings. The molecule has 22 heavy (non-hydrogen) atoms. The quantitative estimate of drug-likeness (QED) is 0.757. The molecule has 1 aliphatic rings. The molecule has 1 heterocycles. The fourth-order valence-corrected chi connectivity index (χ4v) is 3.37. The van der Waals surface area contributed by atoms with Gasteiger partial charge >= 0.3 is 22.4 Å². The number of carbonyl (C=O) groups excluding carboxylic acids is 2. The van der Waals surface area contributed by atoms with Crippen LogP contribution in [0.1, 0.15) is 12.5 Å². The van der Waals surface area contributed by atoms with E-state index in [4.69, 9.17) is 4.74 Å². The second kappa shape index (κ2) is 6.32. The maximum Gasteiger partial charge on any atom is 0.426 e. The molecule has 120 valence electrons. The van der Waals surface area contributed by atoms with Crippen LogP contribution < -0.4 is 0 Å². The molecule has 2 atom stereocenters. The highest BCUT2D eigenvalue weighted by atomic mass is 32.2. The standard InChI is InChI=1S/C13H15NO7S/c1-9-11(12(15)19-2)14(22(17,18)21-9)13(16)20-8-10-6-4-3-5-7-10/h3-7,9,11H,8H2,1-2H3/t9-,11?/m1/s1. The fourth-order valence-electron chi connectivity index (χ4n) is 2.02. The topological polar surface area (TPSA) is 99.2 Å². The van der Waals surface area contributed by atoms with Gasteiger partial charge in [0.05, 0.1) is 7.11 Å². The zero-order valence-electron chi connectivity index (χ0n) is 12.0. The molecule has 9 heteroatoms. The Hall–Kier alpha value is -2.13. The van der Waals surface area contributed by atoms with E-state index in [1.54, 1.807) is 30.3 Å². The Labute approximate surface area is 127 Å². The van der Waals surface area contributed by atoms with Crippen molar-refractivity contribution >= 4 is 22.4 Å². The van der Waals surface area contributed by atoms with E-state index in [9.17, 15) is 18.0 Å². The molecule has 8 nitrogen and oxygen atoms in total. The maximum absolute atomic E-state index is 12.0.